The number of benzene rings is 2. The molecule has 0 radical (unpaired) electrons. The highest BCUT2D eigenvalue weighted by Gasteiger charge is 2.28. The molecule has 0 bridgehead atoms. The molecule has 1 unspecified atom stereocenters. The van der Waals surface area contributed by atoms with Crippen molar-refractivity contribution < 1.29 is 9.53 Å². The molecule has 0 aromatic heterocycles. The lowest BCUT2D eigenvalue weighted by Crippen LogP contribution is -2.22. The van der Waals surface area contributed by atoms with Crippen LogP contribution >= 0.6 is 27.7 Å². The summed E-state index contributed by atoms with van der Waals surface area (Å²) < 4.78 is 6.07. The fourth-order valence-corrected chi connectivity index (χ4v) is 3.78. The number of nitrogens with one attached hydrogen (secondary N) is 1. The van der Waals surface area contributed by atoms with Gasteiger partial charge in [-0.2, -0.15) is 0 Å². The molecule has 0 saturated heterocycles. The van der Waals surface area contributed by atoms with Crippen LogP contribution in [-0.2, 0) is 4.79 Å². The predicted octanol–water partition coefficient (Wildman–Crippen LogP) is 4.24. The standard InChI is InChI=1S/C15H12BrNO2S/c1-19-12-7-6-9(8-10(12)16)14-15(18)17-11-4-2-3-5-13(11)20-14/h2-8,14H,1H3,(H,17,18). The number of carbonyl (C=O) groups is 1. The number of methoxy groups -OCH3 is 1. The van der Waals surface area contributed by atoms with E-state index < -0.39 is 0 Å². The van der Waals surface area contributed by atoms with E-state index >= 15 is 0 Å². The van der Waals surface area contributed by atoms with Gasteiger partial charge in [0.1, 0.15) is 11.0 Å². The third-order valence-electron chi connectivity index (χ3n) is 3.11. The number of rotatable bonds is 2. The Morgan fingerprint density at radius 1 is 1.25 bits per heavy atom. The van der Waals surface area contributed by atoms with Gasteiger partial charge in [-0.3, -0.25) is 4.79 Å². The molecule has 3 nitrogen and oxygen atoms in total. The molecule has 1 aliphatic rings. The number of fused-ring (bicyclic) bond motifs is 1. The van der Waals surface area contributed by atoms with Crippen LogP contribution in [0, 0.1) is 0 Å². The summed E-state index contributed by atoms with van der Waals surface area (Å²) in [5, 5.41) is 2.71. The Bertz CT molecular complexity index is 675. The van der Waals surface area contributed by atoms with E-state index in [4.69, 9.17) is 4.74 Å². The zero-order valence-electron chi connectivity index (χ0n) is 10.7. The predicted molar refractivity (Wildman–Crippen MR) is 84.4 cm³/mol. The van der Waals surface area contributed by atoms with E-state index in [0.29, 0.717) is 0 Å². The van der Waals surface area contributed by atoms with Crippen LogP contribution in [0.1, 0.15) is 10.8 Å². The smallest absolute Gasteiger partial charge is 0.242 e. The zero-order chi connectivity index (χ0) is 14.1. The van der Waals surface area contributed by atoms with Crippen LogP contribution in [0.15, 0.2) is 51.8 Å². The minimum absolute atomic E-state index is 0.00534. The molecular formula is C15H12BrNO2S. The van der Waals surface area contributed by atoms with E-state index in [0.717, 1.165) is 26.4 Å². The number of hydrogen-bond acceptors (Lipinski definition) is 3. The third kappa shape index (κ3) is 2.43. The molecule has 5 heteroatoms. The number of carbonyl (C=O) groups excluding carboxylic acids is 1. The highest BCUT2D eigenvalue weighted by Crippen LogP contribution is 2.44. The number of halogens is 1. The second-order valence-electron chi connectivity index (χ2n) is 4.38. The molecule has 1 heterocycles. The van der Waals surface area contributed by atoms with E-state index in [2.05, 4.69) is 21.2 Å². The van der Waals surface area contributed by atoms with Gasteiger partial charge in [-0.1, -0.05) is 18.2 Å². The van der Waals surface area contributed by atoms with Crippen LogP contribution in [0.3, 0.4) is 0 Å². The number of ether oxygens (including phenoxy) is 1. The summed E-state index contributed by atoms with van der Waals surface area (Å²) in [6, 6.07) is 13.6. The highest BCUT2D eigenvalue weighted by atomic mass is 79.9. The van der Waals surface area contributed by atoms with Crippen molar-refractivity contribution in [1.82, 2.24) is 0 Å². The summed E-state index contributed by atoms with van der Waals surface area (Å²) >= 11 is 5.03. The molecule has 0 saturated carbocycles. The van der Waals surface area contributed by atoms with Crippen LogP contribution in [-0.4, -0.2) is 13.0 Å². The minimum Gasteiger partial charge on any atom is -0.496 e. The first kappa shape index (κ1) is 13.5. The Labute approximate surface area is 129 Å². The van der Waals surface area contributed by atoms with Gasteiger partial charge in [0.2, 0.25) is 5.91 Å². The minimum atomic E-state index is -0.243. The van der Waals surface area contributed by atoms with E-state index in [1.54, 1.807) is 18.9 Å². The summed E-state index contributed by atoms with van der Waals surface area (Å²) in [5.41, 5.74) is 1.83. The van der Waals surface area contributed by atoms with Crippen molar-refractivity contribution in [2.24, 2.45) is 0 Å². The maximum Gasteiger partial charge on any atom is 0.242 e. The van der Waals surface area contributed by atoms with Crippen LogP contribution in [0.5, 0.6) is 5.75 Å². The van der Waals surface area contributed by atoms with E-state index in [9.17, 15) is 4.79 Å². The van der Waals surface area contributed by atoms with Crippen molar-refractivity contribution in [3.63, 3.8) is 0 Å². The van der Waals surface area contributed by atoms with Crippen LogP contribution in [0.2, 0.25) is 0 Å². The van der Waals surface area contributed by atoms with Gasteiger partial charge in [0.15, 0.2) is 0 Å². The Hall–Kier alpha value is -1.46. The Morgan fingerprint density at radius 2 is 2.05 bits per heavy atom. The van der Waals surface area contributed by atoms with Gasteiger partial charge >= 0.3 is 0 Å². The first-order chi connectivity index (χ1) is 9.69. The topological polar surface area (TPSA) is 38.3 Å². The summed E-state index contributed by atoms with van der Waals surface area (Å²) in [6.45, 7) is 0. The van der Waals surface area contributed by atoms with Crippen molar-refractivity contribution in [1.29, 1.82) is 0 Å². The molecule has 0 fully saturated rings. The average molecular weight is 350 g/mol. The molecule has 2 aromatic rings. The Kier molecular flexibility index (Phi) is 3.72. The van der Waals surface area contributed by atoms with Crippen LogP contribution < -0.4 is 10.1 Å². The fourth-order valence-electron chi connectivity index (χ4n) is 2.12. The van der Waals surface area contributed by atoms with Gasteiger partial charge in [0, 0.05) is 4.90 Å². The van der Waals surface area contributed by atoms with Gasteiger partial charge < -0.3 is 10.1 Å². The van der Waals surface area contributed by atoms with Crippen molar-refractivity contribution in [2.75, 3.05) is 12.4 Å². The lowest BCUT2D eigenvalue weighted by molar-refractivity contribution is -0.115. The number of para-hydroxylation sites is 1. The molecule has 1 N–H and O–H groups in total. The molecule has 0 aliphatic carbocycles. The summed E-state index contributed by atoms with van der Waals surface area (Å²) in [6.07, 6.45) is 0. The fraction of sp³-hybridized carbons (Fsp3) is 0.133. The number of hydrogen-bond donors (Lipinski definition) is 1. The van der Waals surface area contributed by atoms with Gasteiger partial charge in [-0.25, -0.2) is 0 Å². The summed E-state index contributed by atoms with van der Waals surface area (Å²) in [7, 11) is 1.62. The molecule has 2 aromatic carbocycles. The van der Waals surface area contributed by atoms with E-state index in [-0.39, 0.29) is 11.2 Å². The third-order valence-corrected chi connectivity index (χ3v) is 5.06. The van der Waals surface area contributed by atoms with Crippen molar-refractivity contribution in [2.45, 2.75) is 10.1 Å². The SMILES string of the molecule is COc1ccc(C2Sc3ccccc3NC2=O)cc1Br. The monoisotopic (exact) mass is 349 g/mol. The molecule has 20 heavy (non-hydrogen) atoms. The lowest BCUT2D eigenvalue weighted by atomic mass is 10.1. The molecule has 1 atom stereocenters. The maximum atomic E-state index is 12.2. The largest absolute Gasteiger partial charge is 0.496 e. The molecule has 1 amide bonds. The number of amides is 1. The molecule has 1 aliphatic heterocycles. The van der Waals surface area contributed by atoms with Crippen LogP contribution in [0.4, 0.5) is 5.69 Å². The molecule has 3 rings (SSSR count). The maximum absolute atomic E-state index is 12.2. The van der Waals surface area contributed by atoms with Gasteiger partial charge in [-0.05, 0) is 45.8 Å². The summed E-state index contributed by atoms with van der Waals surface area (Å²) in [5.74, 6) is 0.765. The zero-order valence-corrected chi connectivity index (χ0v) is 13.1. The first-order valence-electron chi connectivity index (χ1n) is 6.09. The Balaban J connectivity index is 1.95. The normalized spacial score (nSPS) is 17.3. The highest BCUT2D eigenvalue weighted by molar-refractivity contribution is 9.10. The van der Waals surface area contributed by atoms with Gasteiger partial charge in [0.05, 0.1) is 17.3 Å². The molecule has 102 valence electrons. The van der Waals surface area contributed by atoms with Gasteiger partial charge in [-0.15, -0.1) is 11.8 Å². The number of thioether (sulfide) groups is 1. The van der Waals surface area contributed by atoms with E-state index in [1.807, 2.05) is 42.5 Å². The van der Waals surface area contributed by atoms with Crippen molar-refractivity contribution in [3.05, 3.63) is 52.5 Å². The lowest BCUT2D eigenvalue weighted by Gasteiger charge is -2.24. The van der Waals surface area contributed by atoms with Crippen molar-refractivity contribution in [3.8, 4) is 5.75 Å². The first-order valence-corrected chi connectivity index (χ1v) is 7.76. The second-order valence-corrected chi connectivity index (χ2v) is 6.38. The summed E-state index contributed by atoms with van der Waals surface area (Å²) in [4.78, 5) is 13.3. The molecular weight excluding hydrogens is 338 g/mol. The molecule has 0 spiro atoms. The average Bonchev–Trinajstić information content (AvgIpc) is 2.46. The van der Waals surface area contributed by atoms with Crippen molar-refractivity contribution >= 4 is 39.3 Å². The van der Waals surface area contributed by atoms with E-state index in [1.165, 1.54) is 0 Å². The second kappa shape index (κ2) is 5.50. The Morgan fingerprint density at radius 3 is 2.80 bits per heavy atom. The number of anilines is 1. The quantitative estimate of drug-likeness (QED) is 0.880. The van der Waals surface area contributed by atoms with Gasteiger partial charge in [0.25, 0.3) is 0 Å². The van der Waals surface area contributed by atoms with Crippen LogP contribution in [0.25, 0.3) is 0 Å².